The van der Waals surface area contributed by atoms with Crippen molar-refractivity contribution in [2.45, 2.75) is 57.5 Å². The second-order valence-electron chi connectivity index (χ2n) is 10.0. The number of rotatable bonds is 8. The van der Waals surface area contributed by atoms with E-state index >= 15 is 0 Å². The molecule has 11 nitrogen and oxygen atoms in total. The van der Waals surface area contributed by atoms with Gasteiger partial charge in [0, 0.05) is 5.69 Å². The lowest BCUT2D eigenvalue weighted by Crippen LogP contribution is -2.61. The normalized spacial score (nSPS) is 22.4. The molecule has 0 bridgehead atoms. The molecular formula is C31H34N2O9. The minimum atomic E-state index is -1.82. The van der Waals surface area contributed by atoms with Crippen molar-refractivity contribution in [3.63, 3.8) is 0 Å². The minimum Gasteiger partial charge on any atom is -0.449 e. The first-order chi connectivity index (χ1) is 20.1. The summed E-state index contributed by atoms with van der Waals surface area (Å²) in [4.78, 5) is 38.1. The van der Waals surface area contributed by atoms with Crippen LogP contribution in [0.1, 0.15) is 40.0 Å². The first-order valence-corrected chi connectivity index (χ1v) is 13.4. The molecule has 0 spiro atoms. The maximum atomic E-state index is 12.9. The maximum absolute atomic E-state index is 12.9. The zero-order valence-electron chi connectivity index (χ0n) is 23.4. The summed E-state index contributed by atoms with van der Waals surface area (Å²) in [6.45, 7) is 5.00. The fraction of sp³-hybridized carbons (Fsp3) is 0.323. The Bertz CT molecular complexity index is 1350. The van der Waals surface area contributed by atoms with Crippen LogP contribution in [-0.2, 0) is 18.9 Å². The number of hydrogen-bond donors (Lipinski definition) is 4. The second-order valence-corrected chi connectivity index (χ2v) is 10.0. The van der Waals surface area contributed by atoms with Crippen LogP contribution in [0.15, 0.2) is 78.9 Å². The molecular weight excluding hydrogens is 544 g/mol. The van der Waals surface area contributed by atoms with Crippen LogP contribution in [-0.4, -0.2) is 65.7 Å². The summed E-state index contributed by atoms with van der Waals surface area (Å²) in [5.41, 5.74) is 3.27. The van der Waals surface area contributed by atoms with Gasteiger partial charge >= 0.3 is 18.2 Å². The maximum Gasteiger partial charge on any atom is 0.412 e. The summed E-state index contributed by atoms with van der Waals surface area (Å²) >= 11 is 0. The van der Waals surface area contributed by atoms with E-state index in [1.165, 1.54) is 12.1 Å². The monoisotopic (exact) mass is 578 g/mol. The molecule has 3 aromatic carbocycles. The van der Waals surface area contributed by atoms with Crippen molar-refractivity contribution in [3.05, 3.63) is 101 Å². The Morgan fingerprint density at radius 2 is 1.48 bits per heavy atom. The lowest BCUT2D eigenvalue weighted by Gasteiger charge is -2.41. The Balaban J connectivity index is 1.46. The molecule has 1 fully saturated rings. The molecule has 3 aromatic rings. The van der Waals surface area contributed by atoms with Gasteiger partial charge in [0.25, 0.3) is 0 Å². The number of esters is 1. The molecule has 42 heavy (non-hydrogen) atoms. The Morgan fingerprint density at radius 3 is 2.12 bits per heavy atom. The first kappa shape index (κ1) is 30.5. The number of carbonyl (C=O) groups is 3. The van der Waals surface area contributed by atoms with Crippen molar-refractivity contribution in [2.75, 3.05) is 11.9 Å². The van der Waals surface area contributed by atoms with Crippen molar-refractivity contribution in [1.29, 1.82) is 0 Å². The molecule has 4 rings (SSSR count). The van der Waals surface area contributed by atoms with Gasteiger partial charge in [0.15, 0.2) is 18.5 Å². The molecule has 6 atom stereocenters. The van der Waals surface area contributed by atoms with E-state index in [0.29, 0.717) is 5.69 Å². The highest BCUT2D eigenvalue weighted by Gasteiger charge is 2.50. The summed E-state index contributed by atoms with van der Waals surface area (Å²) in [5.74, 6) is -0.831. The topological polar surface area (TPSA) is 153 Å². The molecule has 0 aromatic heterocycles. The van der Waals surface area contributed by atoms with Gasteiger partial charge in [-0.3, -0.25) is 5.32 Å². The van der Waals surface area contributed by atoms with Gasteiger partial charge in [0.05, 0.1) is 11.6 Å². The van der Waals surface area contributed by atoms with Crippen LogP contribution in [0.4, 0.5) is 15.3 Å². The average Bonchev–Trinajstić information content (AvgIpc) is 2.96. The molecule has 0 saturated carbocycles. The lowest BCUT2D eigenvalue weighted by atomic mass is 9.98. The van der Waals surface area contributed by atoms with Gasteiger partial charge in [-0.15, -0.1) is 0 Å². The average molecular weight is 579 g/mol. The fourth-order valence-electron chi connectivity index (χ4n) is 4.59. The van der Waals surface area contributed by atoms with Crippen molar-refractivity contribution in [1.82, 2.24) is 5.32 Å². The largest absolute Gasteiger partial charge is 0.449 e. The highest BCUT2D eigenvalue weighted by Crippen LogP contribution is 2.27. The van der Waals surface area contributed by atoms with Gasteiger partial charge < -0.3 is 34.5 Å². The zero-order valence-corrected chi connectivity index (χ0v) is 23.4. The van der Waals surface area contributed by atoms with Crippen molar-refractivity contribution >= 4 is 23.8 Å². The number of aliphatic hydroxyl groups is 2. The van der Waals surface area contributed by atoms with Crippen molar-refractivity contribution in [3.8, 4) is 0 Å². The molecule has 1 saturated heterocycles. The van der Waals surface area contributed by atoms with E-state index in [1.807, 2.05) is 50.2 Å². The standard InChI is InChI=1S/C31H34N2O9/c1-18-14-19(2)16-23(15-18)33-31(38)42-26-25(34)24(17-39-30(37)32-20(3)21-10-6-4-7-11-21)40-29(36)27(26)41-28(35)22-12-8-5-9-13-22/h4-16,20,24-27,29,34,36H,17H2,1-3H3,(H,32,37)(H,33,38)/t20-,24+,25+,26-,27+,29+/m0/s1. The smallest absolute Gasteiger partial charge is 0.412 e. The van der Waals surface area contributed by atoms with Gasteiger partial charge in [0.2, 0.25) is 0 Å². The number of nitrogens with one attached hydrogen (secondary N) is 2. The number of benzene rings is 3. The Hall–Kier alpha value is -4.45. The van der Waals surface area contributed by atoms with Gasteiger partial charge in [-0.1, -0.05) is 54.6 Å². The number of alkyl carbamates (subject to hydrolysis) is 1. The summed E-state index contributed by atoms with van der Waals surface area (Å²) in [7, 11) is 0. The van der Waals surface area contributed by atoms with Gasteiger partial charge in [-0.05, 0) is 61.7 Å². The predicted octanol–water partition coefficient (Wildman–Crippen LogP) is 4.01. The Kier molecular flexibility index (Phi) is 10.1. The quantitative estimate of drug-likeness (QED) is 0.229. The van der Waals surface area contributed by atoms with E-state index in [1.54, 1.807) is 37.3 Å². The zero-order chi connectivity index (χ0) is 30.2. The van der Waals surface area contributed by atoms with Crippen LogP contribution in [0, 0.1) is 13.8 Å². The first-order valence-electron chi connectivity index (χ1n) is 13.4. The number of amides is 2. The van der Waals surface area contributed by atoms with Crippen LogP contribution < -0.4 is 10.6 Å². The van der Waals surface area contributed by atoms with Gasteiger partial charge in [-0.2, -0.15) is 0 Å². The highest BCUT2D eigenvalue weighted by molar-refractivity contribution is 5.89. The van der Waals surface area contributed by atoms with Crippen LogP contribution in [0.3, 0.4) is 0 Å². The van der Waals surface area contributed by atoms with E-state index in [-0.39, 0.29) is 11.6 Å². The molecule has 0 radical (unpaired) electrons. The molecule has 222 valence electrons. The lowest BCUT2D eigenvalue weighted by molar-refractivity contribution is -0.284. The number of carbonyl (C=O) groups excluding carboxylic acids is 3. The van der Waals surface area contributed by atoms with Crippen LogP contribution in [0.25, 0.3) is 0 Å². The number of hydrogen-bond acceptors (Lipinski definition) is 9. The molecule has 11 heteroatoms. The van der Waals surface area contributed by atoms with Crippen molar-refractivity contribution < 1.29 is 43.5 Å². The predicted molar refractivity (Wildman–Crippen MR) is 152 cm³/mol. The number of anilines is 1. The van der Waals surface area contributed by atoms with E-state index in [9.17, 15) is 24.6 Å². The van der Waals surface area contributed by atoms with Crippen LogP contribution >= 0.6 is 0 Å². The van der Waals surface area contributed by atoms with Crippen LogP contribution in [0.5, 0.6) is 0 Å². The summed E-state index contributed by atoms with van der Waals surface area (Å²) in [6.07, 6.45) is -9.71. The molecule has 1 aliphatic rings. The molecule has 1 aliphatic heterocycles. The Morgan fingerprint density at radius 1 is 0.857 bits per heavy atom. The third-order valence-corrected chi connectivity index (χ3v) is 6.61. The third kappa shape index (κ3) is 8.06. The molecule has 4 N–H and O–H groups in total. The second kappa shape index (κ2) is 13.9. The highest BCUT2D eigenvalue weighted by atomic mass is 16.7. The molecule has 2 amide bonds. The molecule has 1 heterocycles. The SMILES string of the molecule is Cc1cc(C)cc(NC(=O)O[C@H]2[C@H](O)[C@@H](COC(=O)N[C@@H](C)c3ccccc3)O[C@@H](O)[C@@H]2OC(=O)c2ccccc2)c1. The van der Waals surface area contributed by atoms with E-state index in [2.05, 4.69) is 10.6 Å². The van der Waals surface area contributed by atoms with Gasteiger partial charge in [0.1, 0.15) is 18.8 Å². The summed E-state index contributed by atoms with van der Waals surface area (Å²) in [5, 5.41) is 27.2. The fourth-order valence-corrected chi connectivity index (χ4v) is 4.59. The van der Waals surface area contributed by atoms with E-state index < -0.39 is 55.5 Å². The van der Waals surface area contributed by atoms with E-state index in [0.717, 1.165) is 16.7 Å². The minimum absolute atomic E-state index is 0.173. The van der Waals surface area contributed by atoms with Crippen LogP contribution in [0.2, 0.25) is 0 Å². The van der Waals surface area contributed by atoms with E-state index in [4.69, 9.17) is 18.9 Å². The number of aliphatic hydroxyl groups excluding tert-OH is 2. The van der Waals surface area contributed by atoms with Gasteiger partial charge in [-0.25, -0.2) is 14.4 Å². The summed E-state index contributed by atoms with van der Waals surface area (Å²) < 4.78 is 21.6. The Labute approximate surface area is 243 Å². The summed E-state index contributed by atoms with van der Waals surface area (Å²) in [6, 6.07) is 22.2. The molecule has 0 unspecified atom stereocenters. The third-order valence-electron chi connectivity index (χ3n) is 6.61. The number of aryl methyl sites for hydroxylation is 2. The molecule has 0 aliphatic carbocycles. The number of ether oxygens (including phenoxy) is 4. The van der Waals surface area contributed by atoms with Crippen molar-refractivity contribution in [2.24, 2.45) is 0 Å².